The van der Waals surface area contributed by atoms with Gasteiger partial charge in [-0.05, 0) is 23.8 Å². The number of nitrogens with one attached hydrogen (secondary N) is 1. The van der Waals surface area contributed by atoms with Gasteiger partial charge >= 0.3 is 0 Å². The van der Waals surface area contributed by atoms with Crippen molar-refractivity contribution in [3.8, 4) is 0 Å². The highest BCUT2D eigenvalue weighted by atomic mass is 16.6. The summed E-state index contributed by atoms with van der Waals surface area (Å²) in [6.07, 6.45) is 3.82. The lowest BCUT2D eigenvalue weighted by Crippen LogP contribution is -2.37. The van der Waals surface area contributed by atoms with Crippen LogP contribution in [0.15, 0.2) is 30.3 Å². The van der Waals surface area contributed by atoms with Crippen molar-refractivity contribution in [2.45, 2.75) is 45.8 Å². The quantitative estimate of drug-likeness (QED) is 0.785. The van der Waals surface area contributed by atoms with E-state index in [-0.39, 0.29) is 0 Å². The molecule has 1 saturated carbocycles. The Hall–Kier alpha value is -0.860. The van der Waals surface area contributed by atoms with Crippen molar-refractivity contribution < 1.29 is 4.84 Å². The second kappa shape index (κ2) is 4.98. The van der Waals surface area contributed by atoms with Crippen LogP contribution in [-0.4, -0.2) is 6.04 Å². The van der Waals surface area contributed by atoms with Gasteiger partial charge in [-0.25, -0.2) is 0 Å². The number of hydrogen-bond acceptors (Lipinski definition) is 2. The van der Waals surface area contributed by atoms with Gasteiger partial charge < -0.3 is 0 Å². The average molecular weight is 219 g/mol. The third kappa shape index (κ3) is 2.83. The van der Waals surface area contributed by atoms with Gasteiger partial charge in [0.2, 0.25) is 0 Å². The van der Waals surface area contributed by atoms with Crippen LogP contribution in [0.4, 0.5) is 0 Å². The van der Waals surface area contributed by atoms with Gasteiger partial charge in [0, 0.05) is 6.04 Å². The Balaban J connectivity index is 1.76. The Labute approximate surface area is 98.0 Å². The van der Waals surface area contributed by atoms with E-state index in [0.29, 0.717) is 18.1 Å². The van der Waals surface area contributed by atoms with Gasteiger partial charge in [-0.1, -0.05) is 50.6 Å². The van der Waals surface area contributed by atoms with Crippen LogP contribution in [0.25, 0.3) is 0 Å². The van der Waals surface area contributed by atoms with Crippen LogP contribution >= 0.6 is 0 Å². The molecule has 0 amide bonds. The molecule has 1 N–H and O–H groups in total. The largest absolute Gasteiger partial charge is 0.297 e. The summed E-state index contributed by atoms with van der Waals surface area (Å²) < 4.78 is 0. The molecule has 88 valence electrons. The zero-order chi connectivity index (χ0) is 11.4. The summed E-state index contributed by atoms with van der Waals surface area (Å²) in [5, 5.41) is 0. The van der Waals surface area contributed by atoms with E-state index in [4.69, 9.17) is 4.84 Å². The maximum atomic E-state index is 5.59. The summed E-state index contributed by atoms with van der Waals surface area (Å²) in [5.74, 6) is 0. The third-order valence-corrected chi connectivity index (χ3v) is 3.56. The summed E-state index contributed by atoms with van der Waals surface area (Å²) in [6, 6.07) is 10.8. The first kappa shape index (κ1) is 11.6. The van der Waals surface area contributed by atoms with Crippen molar-refractivity contribution >= 4 is 0 Å². The minimum atomic E-state index is 0.372. The predicted molar refractivity (Wildman–Crippen MR) is 65.8 cm³/mol. The lowest BCUT2D eigenvalue weighted by atomic mass is 9.88. The van der Waals surface area contributed by atoms with Crippen molar-refractivity contribution in [2.24, 2.45) is 5.41 Å². The first-order valence-electron chi connectivity index (χ1n) is 6.10. The average Bonchev–Trinajstić information content (AvgIpc) is 2.60. The second-order valence-corrected chi connectivity index (χ2v) is 5.33. The molecule has 1 aromatic carbocycles. The SMILES string of the molecule is CC1(C)CCCC1NOCc1ccccc1. The number of rotatable bonds is 4. The van der Waals surface area contributed by atoms with Crippen molar-refractivity contribution in [3.63, 3.8) is 0 Å². The highest BCUT2D eigenvalue weighted by Crippen LogP contribution is 2.37. The van der Waals surface area contributed by atoms with Crippen LogP contribution in [0.3, 0.4) is 0 Å². The molecule has 1 aliphatic carbocycles. The molecule has 16 heavy (non-hydrogen) atoms. The Kier molecular flexibility index (Phi) is 3.62. The van der Waals surface area contributed by atoms with E-state index >= 15 is 0 Å². The fraction of sp³-hybridized carbons (Fsp3) is 0.571. The van der Waals surface area contributed by atoms with Crippen molar-refractivity contribution in [1.82, 2.24) is 5.48 Å². The fourth-order valence-electron chi connectivity index (χ4n) is 2.35. The third-order valence-electron chi connectivity index (χ3n) is 3.56. The first-order valence-corrected chi connectivity index (χ1v) is 6.10. The standard InChI is InChI=1S/C14H21NO/c1-14(2)10-6-9-13(14)15-16-11-12-7-4-3-5-8-12/h3-5,7-8,13,15H,6,9-11H2,1-2H3. The monoisotopic (exact) mass is 219 g/mol. The molecule has 1 unspecified atom stereocenters. The van der Waals surface area contributed by atoms with Crippen LogP contribution in [0.1, 0.15) is 38.7 Å². The Morgan fingerprint density at radius 1 is 1.31 bits per heavy atom. The minimum absolute atomic E-state index is 0.372. The van der Waals surface area contributed by atoms with Gasteiger partial charge in [-0.3, -0.25) is 4.84 Å². The number of hydroxylamine groups is 1. The highest BCUT2D eigenvalue weighted by molar-refractivity contribution is 5.13. The Morgan fingerprint density at radius 3 is 2.69 bits per heavy atom. The van der Waals surface area contributed by atoms with Gasteiger partial charge in [0.25, 0.3) is 0 Å². The van der Waals surface area contributed by atoms with E-state index in [1.54, 1.807) is 0 Å². The van der Waals surface area contributed by atoms with Crippen LogP contribution in [0, 0.1) is 5.41 Å². The van der Waals surface area contributed by atoms with Gasteiger partial charge in [-0.15, -0.1) is 0 Å². The molecule has 1 aliphatic rings. The molecule has 1 aromatic rings. The molecule has 0 bridgehead atoms. The molecule has 0 aromatic heterocycles. The summed E-state index contributed by atoms with van der Waals surface area (Å²) in [7, 11) is 0. The molecule has 1 fully saturated rings. The normalized spacial score (nSPS) is 23.5. The van der Waals surface area contributed by atoms with Crippen LogP contribution in [0.2, 0.25) is 0 Å². The maximum absolute atomic E-state index is 5.59. The van der Waals surface area contributed by atoms with E-state index in [1.807, 2.05) is 18.2 Å². The van der Waals surface area contributed by atoms with Gasteiger partial charge in [-0.2, -0.15) is 5.48 Å². The molecule has 0 saturated heterocycles. The minimum Gasteiger partial charge on any atom is -0.297 e. The predicted octanol–water partition coefficient (Wildman–Crippen LogP) is 3.29. The zero-order valence-electron chi connectivity index (χ0n) is 10.2. The van der Waals surface area contributed by atoms with Crippen molar-refractivity contribution in [1.29, 1.82) is 0 Å². The van der Waals surface area contributed by atoms with Gasteiger partial charge in [0.1, 0.15) is 0 Å². The van der Waals surface area contributed by atoms with E-state index in [9.17, 15) is 0 Å². The lowest BCUT2D eigenvalue weighted by Gasteiger charge is -2.27. The Bertz CT molecular complexity index is 321. The maximum Gasteiger partial charge on any atom is 0.0933 e. The topological polar surface area (TPSA) is 21.3 Å². The summed E-state index contributed by atoms with van der Waals surface area (Å²) in [4.78, 5) is 5.59. The van der Waals surface area contributed by atoms with Crippen molar-refractivity contribution in [2.75, 3.05) is 0 Å². The molecular weight excluding hydrogens is 198 g/mol. The van der Waals surface area contributed by atoms with Crippen LogP contribution in [-0.2, 0) is 11.4 Å². The molecule has 2 heteroatoms. The second-order valence-electron chi connectivity index (χ2n) is 5.33. The molecule has 0 aliphatic heterocycles. The molecular formula is C14H21NO. The van der Waals surface area contributed by atoms with Gasteiger partial charge in [0.15, 0.2) is 0 Å². The Morgan fingerprint density at radius 2 is 2.06 bits per heavy atom. The van der Waals surface area contributed by atoms with E-state index < -0.39 is 0 Å². The fourth-order valence-corrected chi connectivity index (χ4v) is 2.35. The van der Waals surface area contributed by atoms with Gasteiger partial charge in [0.05, 0.1) is 6.61 Å². The molecule has 2 rings (SSSR count). The summed E-state index contributed by atoms with van der Waals surface area (Å²) in [5.41, 5.74) is 4.81. The molecule has 1 atom stereocenters. The number of benzene rings is 1. The zero-order valence-corrected chi connectivity index (χ0v) is 10.2. The van der Waals surface area contributed by atoms with Crippen LogP contribution in [0.5, 0.6) is 0 Å². The molecule has 0 radical (unpaired) electrons. The van der Waals surface area contributed by atoms with E-state index in [0.717, 1.165) is 0 Å². The summed E-state index contributed by atoms with van der Waals surface area (Å²) in [6.45, 7) is 5.26. The highest BCUT2D eigenvalue weighted by Gasteiger charge is 2.34. The van der Waals surface area contributed by atoms with Crippen LogP contribution < -0.4 is 5.48 Å². The molecule has 2 nitrogen and oxygen atoms in total. The number of hydrogen-bond donors (Lipinski definition) is 1. The smallest absolute Gasteiger partial charge is 0.0933 e. The van der Waals surface area contributed by atoms with E-state index in [1.165, 1.54) is 24.8 Å². The lowest BCUT2D eigenvalue weighted by molar-refractivity contribution is -0.0177. The van der Waals surface area contributed by atoms with Crippen molar-refractivity contribution in [3.05, 3.63) is 35.9 Å². The molecule has 0 heterocycles. The van der Waals surface area contributed by atoms with E-state index in [2.05, 4.69) is 31.5 Å². The molecule has 0 spiro atoms. The first-order chi connectivity index (χ1) is 7.68. The summed E-state index contributed by atoms with van der Waals surface area (Å²) >= 11 is 0.